The van der Waals surface area contributed by atoms with Crippen molar-refractivity contribution in [3.8, 4) is 0 Å². The zero-order valence-electron chi connectivity index (χ0n) is 16.5. The van der Waals surface area contributed by atoms with Crippen molar-refractivity contribution in [3.05, 3.63) is 0 Å². The molecular weight excluding hydrogens is 291 g/mol. The summed E-state index contributed by atoms with van der Waals surface area (Å²) in [7, 11) is 18.2. The maximum atomic E-state index is 2.69. The molecular formula is C14H36B3N2P2+2. The number of hydrogen-bond donors (Lipinski definition) is 0. The van der Waals surface area contributed by atoms with E-state index in [9.17, 15) is 0 Å². The Morgan fingerprint density at radius 2 is 0.810 bits per heavy atom. The lowest BCUT2D eigenvalue weighted by molar-refractivity contribution is -0.752. The van der Waals surface area contributed by atoms with E-state index < -0.39 is 0 Å². The molecule has 0 aromatic rings. The van der Waals surface area contributed by atoms with Gasteiger partial charge in [0.15, 0.2) is 6.72 Å². The molecule has 0 aromatic carbocycles. The van der Waals surface area contributed by atoms with E-state index in [1.54, 1.807) is 0 Å². The topological polar surface area (TPSA) is 0 Å². The van der Waals surface area contributed by atoms with Gasteiger partial charge in [0, 0.05) is 42.3 Å². The molecule has 0 saturated heterocycles. The molecule has 0 amide bonds. The van der Waals surface area contributed by atoms with Crippen LogP contribution in [-0.2, 0) is 0 Å². The summed E-state index contributed by atoms with van der Waals surface area (Å²) in [5.41, 5.74) is 0. The van der Waals surface area contributed by atoms with Crippen molar-refractivity contribution in [1.29, 1.82) is 0 Å². The molecule has 2 unspecified atom stereocenters. The third-order valence-electron chi connectivity index (χ3n) is 2.74. The first kappa shape index (κ1) is 22.0. The van der Waals surface area contributed by atoms with Gasteiger partial charge in [0.2, 0.25) is 0 Å². The van der Waals surface area contributed by atoms with E-state index >= 15 is 0 Å². The summed E-state index contributed by atoms with van der Waals surface area (Å²) in [5.74, 6) is 0. The van der Waals surface area contributed by atoms with Crippen molar-refractivity contribution in [2.45, 2.75) is 51.9 Å². The van der Waals surface area contributed by atoms with Gasteiger partial charge < -0.3 is 8.79 Å². The molecule has 0 N–H and O–H groups in total. The zero-order valence-corrected chi connectivity index (χ0v) is 18.3. The molecule has 0 aliphatic rings. The second-order valence-electron chi connectivity index (χ2n) is 9.74. The molecule has 0 aliphatic carbocycles. The predicted molar refractivity (Wildman–Crippen MR) is 107 cm³/mol. The van der Waals surface area contributed by atoms with Crippen molar-refractivity contribution in [1.82, 2.24) is 0 Å². The van der Waals surface area contributed by atoms with Crippen LogP contribution in [0.1, 0.15) is 41.5 Å². The largest absolute Gasteiger partial charge is 0.467 e. The lowest BCUT2D eigenvalue weighted by atomic mass is 10.2. The van der Waals surface area contributed by atoms with Crippen LogP contribution in [0.25, 0.3) is 0 Å². The Bertz CT molecular complexity index is 293. The lowest BCUT2D eigenvalue weighted by Crippen LogP contribution is -2.43. The molecule has 0 fully saturated rings. The first-order chi connectivity index (χ1) is 8.92. The van der Waals surface area contributed by atoms with Crippen molar-refractivity contribution >= 4 is 36.3 Å². The summed E-state index contributed by atoms with van der Waals surface area (Å²) in [5, 5.41) is 0.650. The molecule has 2 nitrogen and oxygen atoms in total. The highest BCUT2D eigenvalue weighted by Crippen LogP contribution is 2.60. The molecule has 0 heterocycles. The lowest BCUT2D eigenvalue weighted by Gasteiger charge is -2.40. The number of quaternary nitrogens is 2. The van der Waals surface area contributed by atoms with Crippen LogP contribution in [-0.4, -0.2) is 82.4 Å². The Balaban J connectivity index is 5.23. The van der Waals surface area contributed by atoms with Crippen LogP contribution in [0.2, 0.25) is 0 Å². The highest BCUT2D eigenvalue weighted by atomic mass is 31.2. The van der Waals surface area contributed by atoms with Gasteiger partial charge in [0.05, 0.1) is 0 Å². The average molecular weight is 327 g/mol. The summed E-state index contributed by atoms with van der Waals surface area (Å²) in [6.45, 7) is 17.0. The smallest absolute Gasteiger partial charge is 0.398 e. The maximum Gasteiger partial charge on any atom is 0.467 e. The highest BCUT2D eigenvalue weighted by molar-refractivity contribution is 8.32. The number of hydrogen-bond acceptors (Lipinski definition) is 0. The first-order valence-corrected chi connectivity index (χ1v) is 10.6. The van der Waals surface area contributed by atoms with Gasteiger partial charge in [-0.1, -0.05) is 56.9 Å². The summed E-state index contributed by atoms with van der Waals surface area (Å²) in [4.78, 5) is 0. The van der Waals surface area contributed by atoms with Gasteiger partial charge in [-0.2, -0.15) is 0 Å². The summed E-state index contributed by atoms with van der Waals surface area (Å²) >= 11 is 0. The van der Waals surface area contributed by atoms with Crippen LogP contribution in [0.4, 0.5) is 0 Å². The fourth-order valence-electron chi connectivity index (χ4n) is 1.63. The molecule has 0 rings (SSSR count). The molecule has 0 spiro atoms. The van der Waals surface area contributed by atoms with Gasteiger partial charge in [0.1, 0.15) is 0 Å². The van der Waals surface area contributed by atoms with Crippen molar-refractivity contribution < 1.29 is 8.79 Å². The molecule has 0 bridgehead atoms. The van der Waals surface area contributed by atoms with Crippen LogP contribution in [0, 0.1) is 0 Å². The van der Waals surface area contributed by atoms with E-state index in [2.05, 4.69) is 105 Å². The van der Waals surface area contributed by atoms with Gasteiger partial charge in [0.25, 0.3) is 0 Å². The van der Waals surface area contributed by atoms with Gasteiger partial charge >= 0.3 is 14.3 Å². The monoisotopic (exact) mass is 327 g/mol. The minimum atomic E-state index is -0.237. The SMILES string of the molecule is CC(C)(C)P([B]P([B][N+](C)(C)C)C(C)(C)C)[B][N+](C)(C)C. The average Bonchev–Trinajstić information content (AvgIpc) is 2.07. The first-order valence-electron chi connectivity index (χ1n) is 7.68. The van der Waals surface area contributed by atoms with Crippen LogP contribution in [0.5, 0.6) is 0 Å². The Morgan fingerprint density at radius 1 is 0.571 bits per heavy atom. The summed E-state index contributed by atoms with van der Waals surface area (Å²) in [6, 6.07) is 0. The van der Waals surface area contributed by atoms with Crippen LogP contribution in [0.3, 0.4) is 0 Å². The van der Waals surface area contributed by atoms with E-state index in [0.29, 0.717) is 10.3 Å². The van der Waals surface area contributed by atoms with Crippen molar-refractivity contribution in [3.63, 3.8) is 0 Å². The molecule has 0 aromatic heterocycles. The molecule has 21 heavy (non-hydrogen) atoms. The Morgan fingerprint density at radius 3 is 0.952 bits per heavy atom. The number of rotatable bonds is 6. The standard InChI is InChI=1S/C14H36B3N2P2/c1-13(2,3)20(15-18(7,8)9)17-21(14(4,5)6)16-19(10,11)12/h1-12H3/q+2. The number of nitrogens with zero attached hydrogens (tertiary/aromatic N) is 2. The summed E-state index contributed by atoms with van der Waals surface area (Å²) < 4.78 is 1.86. The highest BCUT2D eigenvalue weighted by Gasteiger charge is 2.42. The van der Waals surface area contributed by atoms with Gasteiger partial charge in [-0.05, 0) is 10.3 Å². The Hall–Kier alpha value is 0.975. The maximum absolute atomic E-state index is 2.69. The fourth-order valence-corrected chi connectivity index (χ4v) is 8.14. The van der Waals surface area contributed by atoms with Gasteiger partial charge in [-0.3, -0.25) is 0 Å². The molecule has 0 aliphatic heterocycles. The molecule has 2 atom stereocenters. The van der Waals surface area contributed by atoms with E-state index in [1.165, 1.54) is 0 Å². The van der Waals surface area contributed by atoms with Crippen LogP contribution >= 0.6 is 15.4 Å². The van der Waals surface area contributed by atoms with E-state index in [-0.39, 0.29) is 15.4 Å². The molecule has 119 valence electrons. The quantitative estimate of drug-likeness (QED) is 0.517. The predicted octanol–water partition coefficient (Wildman–Crippen LogP) is 3.56. The van der Waals surface area contributed by atoms with Crippen molar-refractivity contribution in [2.75, 3.05) is 42.3 Å². The van der Waals surface area contributed by atoms with Gasteiger partial charge in [-0.15, -0.1) is 0 Å². The second kappa shape index (κ2) is 7.25. The normalized spacial score (nSPS) is 17.1. The van der Waals surface area contributed by atoms with E-state index in [4.69, 9.17) is 0 Å². The van der Waals surface area contributed by atoms with E-state index in [1.807, 2.05) is 0 Å². The molecule has 7 heteroatoms. The van der Waals surface area contributed by atoms with E-state index in [0.717, 1.165) is 8.79 Å². The third kappa shape index (κ3) is 10.4. The fraction of sp³-hybridized carbons (Fsp3) is 1.00. The van der Waals surface area contributed by atoms with Crippen LogP contribution in [0.15, 0.2) is 0 Å². The molecule has 3 radical (unpaired) electrons. The zero-order chi connectivity index (χ0) is 17.3. The second-order valence-corrected chi connectivity index (χ2v) is 15.4. The van der Waals surface area contributed by atoms with Crippen molar-refractivity contribution in [2.24, 2.45) is 0 Å². The Labute approximate surface area is 139 Å². The van der Waals surface area contributed by atoms with Gasteiger partial charge in [-0.25, -0.2) is 0 Å². The Kier molecular flexibility index (Phi) is 7.59. The summed E-state index contributed by atoms with van der Waals surface area (Å²) in [6.07, 6.45) is 0. The van der Waals surface area contributed by atoms with Crippen LogP contribution < -0.4 is 0 Å². The third-order valence-corrected chi connectivity index (χ3v) is 9.71. The minimum absolute atomic E-state index is 0.237. The molecule has 0 saturated carbocycles. The minimum Gasteiger partial charge on any atom is -0.398 e.